The van der Waals surface area contributed by atoms with Gasteiger partial charge in [-0.15, -0.1) is 0 Å². The van der Waals surface area contributed by atoms with E-state index in [0.29, 0.717) is 12.0 Å². The first-order chi connectivity index (χ1) is 9.99. The standard InChI is InChI=1S/C16H21BrN2O2/c1-11(2)19-10-4-3-5-14(16(19)21)18-15(20)12-6-8-13(17)9-7-12/h6-9,11,14H,3-5,10H2,1-2H3,(H,18,20). The van der Waals surface area contributed by atoms with E-state index in [1.165, 1.54) is 0 Å². The van der Waals surface area contributed by atoms with Gasteiger partial charge in [0.25, 0.3) is 5.91 Å². The molecule has 2 rings (SSSR count). The van der Waals surface area contributed by atoms with Crippen LogP contribution in [0.1, 0.15) is 43.5 Å². The Morgan fingerprint density at radius 1 is 1.29 bits per heavy atom. The molecule has 4 nitrogen and oxygen atoms in total. The quantitative estimate of drug-likeness (QED) is 0.908. The van der Waals surface area contributed by atoms with Gasteiger partial charge in [-0.25, -0.2) is 0 Å². The lowest BCUT2D eigenvalue weighted by molar-refractivity contribution is -0.134. The van der Waals surface area contributed by atoms with E-state index in [0.717, 1.165) is 23.9 Å². The average Bonchev–Trinajstić information content (AvgIpc) is 2.62. The Hall–Kier alpha value is -1.36. The Morgan fingerprint density at radius 2 is 1.95 bits per heavy atom. The molecule has 114 valence electrons. The summed E-state index contributed by atoms with van der Waals surface area (Å²) in [6.07, 6.45) is 2.67. The lowest BCUT2D eigenvalue weighted by atomic mass is 10.1. The third kappa shape index (κ3) is 4.06. The minimum Gasteiger partial charge on any atom is -0.340 e. The van der Waals surface area contributed by atoms with Crippen molar-refractivity contribution >= 4 is 27.7 Å². The zero-order chi connectivity index (χ0) is 15.4. The van der Waals surface area contributed by atoms with E-state index in [9.17, 15) is 9.59 Å². The van der Waals surface area contributed by atoms with E-state index < -0.39 is 6.04 Å². The first-order valence-electron chi connectivity index (χ1n) is 7.36. The highest BCUT2D eigenvalue weighted by atomic mass is 79.9. The topological polar surface area (TPSA) is 49.4 Å². The molecular formula is C16H21BrN2O2. The fourth-order valence-electron chi connectivity index (χ4n) is 2.55. The second-order valence-corrected chi connectivity index (χ2v) is 6.57. The van der Waals surface area contributed by atoms with Crippen molar-refractivity contribution in [3.8, 4) is 0 Å². The summed E-state index contributed by atoms with van der Waals surface area (Å²) in [5.41, 5.74) is 0.575. The number of nitrogens with zero attached hydrogens (tertiary/aromatic N) is 1. The number of halogens is 1. The Morgan fingerprint density at radius 3 is 2.57 bits per heavy atom. The van der Waals surface area contributed by atoms with E-state index in [4.69, 9.17) is 0 Å². The van der Waals surface area contributed by atoms with Crippen molar-refractivity contribution in [1.82, 2.24) is 10.2 Å². The molecular weight excluding hydrogens is 332 g/mol. The molecule has 0 bridgehead atoms. The second kappa shape index (κ2) is 7.07. The molecule has 0 aromatic heterocycles. The summed E-state index contributed by atoms with van der Waals surface area (Å²) in [6, 6.07) is 6.91. The molecule has 2 amide bonds. The van der Waals surface area contributed by atoms with E-state index in [2.05, 4.69) is 21.2 Å². The van der Waals surface area contributed by atoms with Gasteiger partial charge in [0.2, 0.25) is 5.91 Å². The highest BCUT2D eigenvalue weighted by Crippen LogP contribution is 2.16. The van der Waals surface area contributed by atoms with Gasteiger partial charge >= 0.3 is 0 Å². The van der Waals surface area contributed by atoms with Crippen LogP contribution in [0.25, 0.3) is 0 Å². The normalized spacial score (nSPS) is 19.5. The number of hydrogen-bond acceptors (Lipinski definition) is 2. The number of nitrogens with one attached hydrogen (secondary N) is 1. The van der Waals surface area contributed by atoms with Gasteiger partial charge in [-0.3, -0.25) is 9.59 Å². The molecule has 1 unspecified atom stereocenters. The molecule has 0 spiro atoms. The molecule has 0 aliphatic carbocycles. The van der Waals surface area contributed by atoms with Crippen LogP contribution in [-0.4, -0.2) is 35.3 Å². The fraction of sp³-hybridized carbons (Fsp3) is 0.500. The SMILES string of the molecule is CC(C)N1CCCCC(NC(=O)c2ccc(Br)cc2)C1=O. The highest BCUT2D eigenvalue weighted by Gasteiger charge is 2.29. The van der Waals surface area contributed by atoms with E-state index in [1.54, 1.807) is 12.1 Å². The smallest absolute Gasteiger partial charge is 0.251 e. The van der Waals surface area contributed by atoms with Crippen molar-refractivity contribution in [1.29, 1.82) is 0 Å². The van der Waals surface area contributed by atoms with Crippen LogP contribution in [0.2, 0.25) is 0 Å². The maximum Gasteiger partial charge on any atom is 0.251 e. The molecule has 1 aromatic rings. The summed E-state index contributed by atoms with van der Waals surface area (Å²) >= 11 is 3.34. The number of carbonyl (C=O) groups is 2. The summed E-state index contributed by atoms with van der Waals surface area (Å²) in [4.78, 5) is 26.6. The first-order valence-corrected chi connectivity index (χ1v) is 8.15. The lowest BCUT2D eigenvalue weighted by Crippen LogP contribution is -2.49. The number of amides is 2. The molecule has 21 heavy (non-hydrogen) atoms. The van der Waals surface area contributed by atoms with Gasteiger partial charge in [0.15, 0.2) is 0 Å². The zero-order valence-corrected chi connectivity index (χ0v) is 14.0. The number of rotatable bonds is 3. The molecule has 1 heterocycles. The van der Waals surface area contributed by atoms with E-state index in [-0.39, 0.29) is 17.9 Å². The number of likely N-dealkylation sites (tertiary alicyclic amines) is 1. The Kier molecular flexibility index (Phi) is 5.39. The molecule has 1 atom stereocenters. The molecule has 1 fully saturated rings. The predicted molar refractivity (Wildman–Crippen MR) is 86.1 cm³/mol. The summed E-state index contributed by atoms with van der Waals surface area (Å²) < 4.78 is 0.926. The molecule has 1 N–H and O–H groups in total. The summed E-state index contributed by atoms with van der Waals surface area (Å²) in [6.45, 7) is 4.80. The molecule has 1 aliphatic heterocycles. The van der Waals surface area contributed by atoms with Gasteiger partial charge in [-0.2, -0.15) is 0 Å². The molecule has 0 saturated carbocycles. The van der Waals surface area contributed by atoms with Crippen LogP contribution < -0.4 is 5.32 Å². The van der Waals surface area contributed by atoms with E-state index >= 15 is 0 Å². The average molecular weight is 353 g/mol. The summed E-state index contributed by atoms with van der Waals surface area (Å²) in [5.74, 6) is -0.153. The lowest BCUT2D eigenvalue weighted by Gasteiger charge is -2.28. The third-order valence-electron chi connectivity index (χ3n) is 3.76. The van der Waals surface area contributed by atoms with Crippen molar-refractivity contribution in [3.63, 3.8) is 0 Å². The van der Waals surface area contributed by atoms with Crippen LogP contribution in [0, 0.1) is 0 Å². The monoisotopic (exact) mass is 352 g/mol. The third-order valence-corrected chi connectivity index (χ3v) is 4.29. The minimum atomic E-state index is -0.411. The Labute approximate surface area is 134 Å². The molecule has 1 aliphatic rings. The van der Waals surface area contributed by atoms with Gasteiger partial charge in [0, 0.05) is 22.6 Å². The van der Waals surface area contributed by atoms with Crippen LogP contribution in [0.15, 0.2) is 28.7 Å². The van der Waals surface area contributed by atoms with Crippen LogP contribution in [-0.2, 0) is 4.79 Å². The zero-order valence-electron chi connectivity index (χ0n) is 12.4. The van der Waals surface area contributed by atoms with Crippen molar-refractivity contribution in [2.75, 3.05) is 6.54 Å². The molecule has 0 radical (unpaired) electrons. The van der Waals surface area contributed by atoms with Crippen LogP contribution >= 0.6 is 15.9 Å². The van der Waals surface area contributed by atoms with Gasteiger partial charge in [0.05, 0.1) is 0 Å². The molecule has 5 heteroatoms. The Bertz CT molecular complexity index is 514. The molecule has 1 aromatic carbocycles. The van der Waals surface area contributed by atoms with Crippen LogP contribution in [0.5, 0.6) is 0 Å². The number of benzene rings is 1. The van der Waals surface area contributed by atoms with Crippen molar-refractivity contribution in [3.05, 3.63) is 34.3 Å². The summed E-state index contributed by atoms with van der Waals surface area (Å²) in [5, 5.41) is 2.88. The van der Waals surface area contributed by atoms with Gasteiger partial charge in [0.1, 0.15) is 6.04 Å². The number of carbonyl (C=O) groups excluding carboxylic acids is 2. The fourth-order valence-corrected chi connectivity index (χ4v) is 2.82. The van der Waals surface area contributed by atoms with Crippen molar-refractivity contribution < 1.29 is 9.59 Å². The maximum absolute atomic E-state index is 12.5. The second-order valence-electron chi connectivity index (χ2n) is 5.65. The van der Waals surface area contributed by atoms with Crippen molar-refractivity contribution in [2.45, 2.75) is 45.2 Å². The van der Waals surface area contributed by atoms with Crippen LogP contribution in [0.3, 0.4) is 0 Å². The predicted octanol–water partition coefficient (Wildman–Crippen LogP) is 2.97. The van der Waals surface area contributed by atoms with Gasteiger partial charge in [-0.05, 0) is 57.4 Å². The largest absolute Gasteiger partial charge is 0.340 e. The molecule has 1 saturated heterocycles. The minimum absolute atomic E-state index is 0.0351. The van der Waals surface area contributed by atoms with Crippen LogP contribution in [0.4, 0.5) is 0 Å². The maximum atomic E-state index is 12.5. The van der Waals surface area contributed by atoms with E-state index in [1.807, 2.05) is 30.9 Å². The van der Waals surface area contributed by atoms with Gasteiger partial charge in [-0.1, -0.05) is 15.9 Å². The first kappa shape index (κ1) is 16.0. The summed E-state index contributed by atoms with van der Waals surface area (Å²) in [7, 11) is 0. The highest BCUT2D eigenvalue weighted by molar-refractivity contribution is 9.10. The number of hydrogen-bond donors (Lipinski definition) is 1. The van der Waals surface area contributed by atoms with Gasteiger partial charge < -0.3 is 10.2 Å². The Balaban J connectivity index is 2.07. The van der Waals surface area contributed by atoms with Crippen molar-refractivity contribution in [2.24, 2.45) is 0 Å².